The van der Waals surface area contributed by atoms with E-state index in [4.69, 9.17) is 0 Å². The molecule has 1 rings (SSSR count). The van der Waals surface area contributed by atoms with Gasteiger partial charge in [0.05, 0.1) is 12.6 Å². The molecule has 2 unspecified atom stereocenters. The van der Waals surface area contributed by atoms with Crippen LogP contribution in [0.25, 0.3) is 0 Å². The van der Waals surface area contributed by atoms with E-state index in [1.807, 2.05) is 13.8 Å². The number of carbonyl (C=O) groups is 2. The highest BCUT2D eigenvalue weighted by Crippen LogP contribution is 2.22. The third-order valence-electron chi connectivity index (χ3n) is 4.32. The van der Waals surface area contributed by atoms with Gasteiger partial charge in [-0.3, -0.25) is 9.59 Å². The van der Waals surface area contributed by atoms with Gasteiger partial charge in [0.15, 0.2) is 5.78 Å². The lowest BCUT2D eigenvalue weighted by Gasteiger charge is -2.24. The first kappa shape index (κ1) is 20.4. The molecule has 134 valence electrons. The van der Waals surface area contributed by atoms with Crippen LogP contribution in [0.5, 0.6) is 0 Å². The lowest BCUT2D eigenvalue weighted by atomic mass is 9.95. The molecule has 0 radical (unpaired) electrons. The van der Waals surface area contributed by atoms with E-state index in [9.17, 15) is 9.59 Å². The van der Waals surface area contributed by atoms with Crippen molar-refractivity contribution < 1.29 is 9.59 Å². The molecule has 1 aromatic carbocycles. The predicted octanol–water partition coefficient (Wildman–Crippen LogP) is 3.27. The SMILES string of the molecule is CCc1ccc(C(NCC(=O)NC(C(C)=O)C(C)C)C(C)C)cc1. The van der Waals surface area contributed by atoms with Gasteiger partial charge in [-0.25, -0.2) is 0 Å². The van der Waals surface area contributed by atoms with Gasteiger partial charge in [-0.15, -0.1) is 0 Å². The summed E-state index contributed by atoms with van der Waals surface area (Å²) >= 11 is 0. The summed E-state index contributed by atoms with van der Waals surface area (Å²) in [4.78, 5) is 23.8. The molecule has 0 aromatic heterocycles. The molecule has 0 heterocycles. The Kier molecular flexibility index (Phi) is 8.13. The molecule has 0 aliphatic carbocycles. The molecule has 4 nitrogen and oxygen atoms in total. The molecule has 0 aliphatic heterocycles. The molecule has 2 N–H and O–H groups in total. The molecular formula is C20H32N2O2. The van der Waals surface area contributed by atoms with Crippen LogP contribution in [0.3, 0.4) is 0 Å². The lowest BCUT2D eigenvalue weighted by molar-refractivity contribution is -0.127. The molecule has 0 spiro atoms. The van der Waals surface area contributed by atoms with E-state index in [0.717, 1.165) is 6.42 Å². The van der Waals surface area contributed by atoms with Crippen molar-refractivity contribution in [3.8, 4) is 0 Å². The van der Waals surface area contributed by atoms with E-state index in [1.54, 1.807) is 0 Å². The Morgan fingerprint density at radius 1 is 1.00 bits per heavy atom. The van der Waals surface area contributed by atoms with Gasteiger partial charge in [0.2, 0.25) is 5.91 Å². The molecule has 1 aromatic rings. The molecule has 0 saturated carbocycles. The van der Waals surface area contributed by atoms with Crippen molar-refractivity contribution in [2.75, 3.05) is 6.54 Å². The Morgan fingerprint density at radius 3 is 2.00 bits per heavy atom. The van der Waals surface area contributed by atoms with Gasteiger partial charge in [-0.1, -0.05) is 58.9 Å². The first-order valence-electron chi connectivity index (χ1n) is 8.88. The van der Waals surface area contributed by atoms with Crippen molar-refractivity contribution in [2.24, 2.45) is 11.8 Å². The van der Waals surface area contributed by atoms with Gasteiger partial charge in [0, 0.05) is 6.04 Å². The van der Waals surface area contributed by atoms with Crippen LogP contribution in [0.15, 0.2) is 24.3 Å². The van der Waals surface area contributed by atoms with Gasteiger partial charge in [0.1, 0.15) is 0 Å². The predicted molar refractivity (Wildman–Crippen MR) is 98.9 cm³/mol. The topological polar surface area (TPSA) is 58.2 Å². The maximum atomic E-state index is 12.2. The Hall–Kier alpha value is -1.68. The number of nitrogens with one attached hydrogen (secondary N) is 2. The minimum absolute atomic E-state index is 0.00564. The maximum Gasteiger partial charge on any atom is 0.234 e. The summed E-state index contributed by atoms with van der Waals surface area (Å²) in [6, 6.07) is 8.22. The summed E-state index contributed by atoms with van der Waals surface area (Å²) in [6.45, 7) is 12.0. The van der Waals surface area contributed by atoms with Crippen molar-refractivity contribution in [2.45, 2.75) is 60.0 Å². The molecule has 1 amide bonds. The van der Waals surface area contributed by atoms with Gasteiger partial charge >= 0.3 is 0 Å². The second kappa shape index (κ2) is 9.58. The zero-order valence-corrected chi connectivity index (χ0v) is 15.8. The van der Waals surface area contributed by atoms with Crippen LogP contribution in [0.2, 0.25) is 0 Å². The average Bonchev–Trinajstić information content (AvgIpc) is 2.52. The third kappa shape index (κ3) is 6.08. The summed E-state index contributed by atoms with van der Waals surface area (Å²) < 4.78 is 0. The van der Waals surface area contributed by atoms with Crippen molar-refractivity contribution in [3.05, 3.63) is 35.4 Å². The molecule has 0 bridgehead atoms. The quantitative estimate of drug-likeness (QED) is 0.730. The highest BCUT2D eigenvalue weighted by atomic mass is 16.2. The normalized spacial score (nSPS) is 13.8. The van der Waals surface area contributed by atoms with Gasteiger partial charge in [-0.05, 0) is 36.3 Å². The lowest BCUT2D eigenvalue weighted by Crippen LogP contribution is -2.47. The number of rotatable bonds is 9. The van der Waals surface area contributed by atoms with E-state index in [-0.39, 0.29) is 30.2 Å². The Balaban J connectivity index is 2.69. The van der Waals surface area contributed by atoms with Crippen molar-refractivity contribution in [1.29, 1.82) is 0 Å². The fourth-order valence-corrected chi connectivity index (χ4v) is 2.86. The highest BCUT2D eigenvalue weighted by Gasteiger charge is 2.22. The van der Waals surface area contributed by atoms with Gasteiger partial charge in [-0.2, -0.15) is 0 Å². The molecule has 0 aliphatic rings. The summed E-state index contributed by atoms with van der Waals surface area (Å²) in [7, 11) is 0. The van der Waals surface area contributed by atoms with E-state index in [1.165, 1.54) is 18.1 Å². The van der Waals surface area contributed by atoms with Crippen LogP contribution < -0.4 is 10.6 Å². The number of aryl methyl sites for hydroxylation is 1. The van der Waals surface area contributed by atoms with E-state index < -0.39 is 6.04 Å². The maximum absolute atomic E-state index is 12.2. The van der Waals surface area contributed by atoms with Crippen LogP contribution in [0.1, 0.15) is 58.7 Å². The summed E-state index contributed by atoms with van der Waals surface area (Å²) in [6.07, 6.45) is 1.02. The van der Waals surface area contributed by atoms with Gasteiger partial charge < -0.3 is 10.6 Å². The Bertz CT molecular complexity index is 535. The first-order chi connectivity index (χ1) is 11.3. The zero-order chi connectivity index (χ0) is 18.3. The van der Waals surface area contributed by atoms with Gasteiger partial charge in [0.25, 0.3) is 0 Å². The van der Waals surface area contributed by atoms with Crippen LogP contribution in [0, 0.1) is 11.8 Å². The number of carbonyl (C=O) groups excluding carboxylic acids is 2. The van der Waals surface area contributed by atoms with E-state index >= 15 is 0 Å². The standard InChI is InChI=1S/C20H32N2O2/c1-7-16-8-10-17(11-9-16)20(14(4)5)21-12-18(24)22-19(13(2)3)15(6)23/h8-11,13-14,19-21H,7,12H2,1-6H3,(H,22,24). The zero-order valence-electron chi connectivity index (χ0n) is 15.8. The minimum atomic E-state index is -0.416. The van der Waals surface area contributed by atoms with Crippen LogP contribution in [0.4, 0.5) is 0 Å². The highest BCUT2D eigenvalue weighted by molar-refractivity contribution is 5.88. The molecule has 24 heavy (non-hydrogen) atoms. The number of amides is 1. The second-order valence-electron chi connectivity index (χ2n) is 7.10. The molecule has 2 atom stereocenters. The molecule has 0 saturated heterocycles. The number of Topliss-reactive ketones (excluding diaryl/α,β-unsaturated/α-hetero) is 1. The summed E-state index contributed by atoms with van der Waals surface area (Å²) in [5, 5.41) is 6.16. The monoisotopic (exact) mass is 332 g/mol. The number of benzene rings is 1. The van der Waals surface area contributed by atoms with Crippen LogP contribution in [-0.4, -0.2) is 24.3 Å². The minimum Gasteiger partial charge on any atom is -0.345 e. The van der Waals surface area contributed by atoms with Crippen LogP contribution in [-0.2, 0) is 16.0 Å². The fraction of sp³-hybridized carbons (Fsp3) is 0.600. The van der Waals surface area contributed by atoms with E-state index in [0.29, 0.717) is 5.92 Å². The Morgan fingerprint density at radius 2 is 1.58 bits per heavy atom. The molecule has 4 heteroatoms. The largest absolute Gasteiger partial charge is 0.345 e. The van der Waals surface area contributed by atoms with Crippen molar-refractivity contribution in [3.63, 3.8) is 0 Å². The molecule has 0 fully saturated rings. The average molecular weight is 332 g/mol. The summed E-state index contributed by atoms with van der Waals surface area (Å²) in [5.74, 6) is 0.307. The van der Waals surface area contributed by atoms with Crippen molar-refractivity contribution in [1.82, 2.24) is 10.6 Å². The smallest absolute Gasteiger partial charge is 0.234 e. The summed E-state index contributed by atoms with van der Waals surface area (Å²) in [5.41, 5.74) is 2.49. The number of ketones is 1. The molecular weight excluding hydrogens is 300 g/mol. The Labute approximate surface area is 146 Å². The van der Waals surface area contributed by atoms with E-state index in [2.05, 4.69) is 55.7 Å². The second-order valence-corrected chi connectivity index (χ2v) is 7.10. The fourth-order valence-electron chi connectivity index (χ4n) is 2.86. The first-order valence-corrected chi connectivity index (χ1v) is 8.88. The number of hydrogen-bond donors (Lipinski definition) is 2. The number of hydrogen-bond acceptors (Lipinski definition) is 3. The third-order valence-corrected chi connectivity index (χ3v) is 4.32. The van der Waals surface area contributed by atoms with Crippen LogP contribution >= 0.6 is 0 Å². The van der Waals surface area contributed by atoms with Crippen molar-refractivity contribution >= 4 is 11.7 Å².